The fourth-order valence-electron chi connectivity index (χ4n) is 2.35. The van der Waals surface area contributed by atoms with E-state index in [4.69, 9.17) is 0 Å². The summed E-state index contributed by atoms with van der Waals surface area (Å²) in [6.07, 6.45) is 1.42. The van der Waals surface area contributed by atoms with Crippen molar-refractivity contribution < 1.29 is 14.8 Å². The first-order chi connectivity index (χ1) is 12.5. The van der Waals surface area contributed by atoms with Gasteiger partial charge < -0.3 is 5.11 Å². The lowest BCUT2D eigenvalue weighted by molar-refractivity contribution is -0.384. The molecule has 0 unspecified atom stereocenters. The van der Waals surface area contributed by atoms with Gasteiger partial charge in [-0.05, 0) is 17.7 Å². The van der Waals surface area contributed by atoms with Gasteiger partial charge in [-0.1, -0.05) is 30.3 Å². The number of aromatic nitrogens is 1. The Bertz CT molecular complexity index is 1000. The molecule has 1 aromatic heterocycles. The van der Waals surface area contributed by atoms with E-state index in [0.29, 0.717) is 16.8 Å². The van der Waals surface area contributed by atoms with Crippen LogP contribution >= 0.6 is 0 Å². The van der Waals surface area contributed by atoms with Gasteiger partial charge in [0.15, 0.2) is 0 Å². The molecule has 1 heterocycles. The van der Waals surface area contributed by atoms with Crippen molar-refractivity contribution in [2.24, 2.45) is 5.10 Å². The normalized spacial score (nSPS) is 10.9. The second-order valence-corrected chi connectivity index (χ2v) is 5.48. The van der Waals surface area contributed by atoms with Gasteiger partial charge in [0.25, 0.3) is 5.69 Å². The SMILES string of the molecule is O=C(Cc1ccc([N+](=O)[O-])cc1)N/N=C/c1ccc2cccc(O)c2n1. The number of aromatic hydroxyl groups is 1. The van der Waals surface area contributed by atoms with Crippen LogP contribution in [0.2, 0.25) is 0 Å². The highest BCUT2D eigenvalue weighted by atomic mass is 16.6. The summed E-state index contributed by atoms with van der Waals surface area (Å²) < 4.78 is 0. The predicted octanol–water partition coefficient (Wildman–Crippen LogP) is 2.54. The Kier molecular flexibility index (Phi) is 4.84. The Morgan fingerprint density at radius 3 is 2.69 bits per heavy atom. The smallest absolute Gasteiger partial charge is 0.269 e. The summed E-state index contributed by atoms with van der Waals surface area (Å²) in [7, 11) is 0. The first-order valence-electron chi connectivity index (χ1n) is 7.67. The minimum atomic E-state index is -0.498. The van der Waals surface area contributed by atoms with Crippen LogP contribution < -0.4 is 5.43 Å². The zero-order valence-corrected chi connectivity index (χ0v) is 13.5. The number of para-hydroxylation sites is 1. The summed E-state index contributed by atoms with van der Waals surface area (Å²) in [5, 5.41) is 25.0. The molecule has 0 aliphatic heterocycles. The third kappa shape index (κ3) is 3.99. The third-order valence-corrected chi connectivity index (χ3v) is 3.62. The van der Waals surface area contributed by atoms with Crippen molar-refractivity contribution in [3.05, 3.63) is 76.0 Å². The van der Waals surface area contributed by atoms with E-state index in [2.05, 4.69) is 15.5 Å². The molecule has 26 heavy (non-hydrogen) atoms. The van der Waals surface area contributed by atoms with Crippen LogP contribution in [0.4, 0.5) is 5.69 Å². The zero-order chi connectivity index (χ0) is 18.5. The number of nitro benzene ring substituents is 1. The van der Waals surface area contributed by atoms with E-state index in [1.807, 2.05) is 6.07 Å². The molecule has 0 saturated carbocycles. The summed E-state index contributed by atoms with van der Waals surface area (Å²) in [5.41, 5.74) is 3.91. The number of carbonyl (C=O) groups is 1. The average Bonchev–Trinajstić information content (AvgIpc) is 2.63. The van der Waals surface area contributed by atoms with Crippen molar-refractivity contribution in [1.82, 2.24) is 10.4 Å². The molecule has 0 radical (unpaired) electrons. The summed E-state index contributed by atoms with van der Waals surface area (Å²) in [4.78, 5) is 26.2. The van der Waals surface area contributed by atoms with Crippen molar-refractivity contribution in [1.29, 1.82) is 0 Å². The van der Waals surface area contributed by atoms with Gasteiger partial charge in [0.2, 0.25) is 5.91 Å². The number of hydrogen-bond donors (Lipinski definition) is 2. The number of amides is 1. The second kappa shape index (κ2) is 7.39. The van der Waals surface area contributed by atoms with Crippen molar-refractivity contribution in [3.63, 3.8) is 0 Å². The Morgan fingerprint density at radius 2 is 1.96 bits per heavy atom. The van der Waals surface area contributed by atoms with Crippen LogP contribution in [0.1, 0.15) is 11.3 Å². The number of carbonyl (C=O) groups excluding carboxylic acids is 1. The molecule has 3 rings (SSSR count). The first kappa shape index (κ1) is 17.0. The van der Waals surface area contributed by atoms with Crippen molar-refractivity contribution in [2.75, 3.05) is 0 Å². The lowest BCUT2D eigenvalue weighted by atomic mass is 10.1. The maximum atomic E-state index is 11.9. The number of hydrazone groups is 1. The molecule has 8 nitrogen and oxygen atoms in total. The van der Waals surface area contributed by atoms with E-state index in [-0.39, 0.29) is 23.8 Å². The third-order valence-electron chi connectivity index (χ3n) is 3.62. The summed E-state index contributed by atoms with van der Waals surface area (Å²) in [5.74, 6) is -0.293. The maximum Gasteiger partial charge on any atom is 0.269 e. The number of hydrogen-bond acceptors (Lipinski definition) is 6. The largest absolute Gasteiger partial charge is 0.506 e. The molecule has 0 atom stereocenters. The van der Waals surface area contributed by atoms with Gasteiger partial charge in [0.05, 0.1) is 23.3 Å². The number of phenols is 1. The van der Waals surface area contributed by atoms with Crippen LogP contribution in [0.3, 0.4) is 0 Å². The molecule has 3 aromatic rings. The maximum absolute atomic E-state index is 11.9. The van der Waals surface area contributed by atoms with Gasteiger partial charge in [0, 0.05) is 17.5 Å². The summed E-state index contributed by atoms with van der Waals surface area (Å²) in [6, 6.07) is 14.3. The molecule has 2 aromatic carbocycles. The van der Waals surface area contributed by atoms with Crippen LogP contribution in [0.5, 0.6) is 5.75 Å². The lowest BCUT2D eigenvalue weighted by Gasteiger charge is -2.02. The standard InChI is InChI=1S/C18H14N4O4/c23-16-3-1-2-13-6-7-14(20-18(13)16)11-19-21-17(24)10-12-4-8-15(9-5-12)22(25)26/h1-9,11,23H,10H2,(H,21,24)/b19-11+. The zero-order valence-electron chi connectivity index (χ0n) is 13.5. The van der Waals surface area contributed by atoms with E-state index in [0.717, 1.165) is 5.39 Å². The molecular formula is C18H14N4O4. The van der Waals surface area contributed by atoms with E-state index in [1.165, 1.54) is 30.5 Å². The Labute approximate surface area is 148 Å². The van der Waals surface area contributed by atoms with E-state index < -0.39 is 4.92 Å². The van der Waals surface area contributed by atoms with Crippen LogP contribution in [0, 0.1) is 10.1 Å². The number of non-ortho nitro benzene ring substituents is 1. The summed E-state index contributed by atoms with van der Waals surface area (Å²) in [6.45, 7) is 0. The van der Waals surface area contributed by atoms with E-state index in [1.54, 1.807) is 24.3 Å². The number of benzene rings is 2. The molecule has 8 heteroatoms. The van der Waals surface area contributed by atoms with Gasteiger partial charge in [-0.15, -0.1) is 0 Å². The van der Waals surface area contributed by atoms with E-state index >= 15 is 0 Å². The van der Waals surface area contributed by atoms with Crippen molar-refractivity contribution in [3.8, 4) is 5.75 Å². The molecule has 0 spiro atoms. The molecule has 2 N–H and O–H groups in total. The number of phenolic OH excluding ortho intramolecular Hbond substituents is 1. The van der Waals surface area contributed by atoms with Crippen LogP contribution in [-0.2, 0) is 11.2 Å². The fourth-order valence-corrected chi connectivity index (χ4v) is 2.35. The molecule has 1 amide bonds. The quantitative estimate of drug-likeness (QED) is 0.416. The van der Waals surface area contributed by atoms with Gasteiger partial charge >= 0.3 is 0 Å². The molecule has 0 aliphatic carbocycles. The van der Waals surface area contributed by atoms with E-state index in [9.17, 15) is 20.0 Å². The highest BCUT2D eigenvalue weighted by molar-refractivity contribution is 5.89. The monoisotopic (exact) mass is 350 g/mol. The second-order valence-electron chi connectivity index (χ2n) is 5.48. The highest BCUT2D eigenvalue weighted by Crippen LogP contribution is 2.21. The first-order valence-corrected chi connectivity index (χ1v) is 7.67. The number of fused-ring (bicyclic) bond motifs is 1. The molecule has 0 aliphatic rings. The number of rotatable bonds is 5. The molecule has 0 bridgehead atoms. The molecule has 130 valence electrons. The lowest BCUT2D eigenvalue weighted by Crippen LogP contribution is -2.19. The number of nitro groups is 1. The topological polar surface area (TPSA) is 118 Å². The Morgan fingerprint density at radius 1 is 1.19 bits per heavy atom. The van der Waals surface area contributed by atoms with Gasteiger partial charge in [-0.25, -0.2) is 10.4 Å². The number of nitrogens with one attached hydrogen (secondary N) is 1. The minimum absolute atomic E-state index is 0.0298. The predicted molar refractivity (Wildman–Crippen MR) is 95.9 cm³/mol. The highest BCUT2D eigenvalue weighted by Gasteiger charge is 2.07. The average molecular weight is 350 g/mol. The molecular weight excluding hydrogens is 336 g/mol. The minimum Gasteiger partial charge on any atom is -0.506 e. The molecule has 0 saturated heterocycles. The van der Waals surface area contributed by atoms with Crippen molar-refractivity contribution in [2.45, 2.75) is 6.42 Å². The van der Waals surface area contributed by atoms with Gasteiger partial charge in [0.1, 0.15) is 11.3 Å². The van der Waals surface area contributed by atoms with Crippen LogP contribution in [-0.4, -0.2) is 27.1 Å². The Balaban J connectivity index is 1.62. The van der Waals surface area contributed by atoms with Crippen molar-refractivity contribution >= 4 is 28.7 Å². The Hall–Kier alpha value is -3.81. The van der Waals surface area contributed by atoms with Gasteiger partial charge in [-0.2, -0.15) is 5.10 Å². The van der Waals surface area contributed by atoms with Crippen LogP contribution in [0.25, 0.3) is 10.9 Å². The summed E-state index contributed by atoms with van der Waals surface area (Å²) >= 11 is 0. The van der Waals surface area contributed by atoms with Crippen LogP contribution in [0.15, 0.2) is 59.7 Å². The fraction of sp³-hybridized carbons (Fsp3) is 0.0556. The number of pyridine rings is 1. The number of nitrogens with zero attached hydrogens (tertiary/aromatic N) is 3. The molecule has 0 fully saturated rings. The van der Waals surface area contributed by atoms with Gasteiger partial charge in [-0.3, -0.25) is 14.9 Å².